The molecule has 0 radical (unpaired) electrons. The molecular formula is C70H77ClN12O10S2. The molecule has 496 valence electrons. The maximum absolute atomic E-state index is 12.7. The molecule has 6 heterocycles. The monoisotopic (exact) mass is 1340 g/mol. The zero-order chi connectivity index (χ0) is 65.0. The van der Waals surface area contributed by atoms with Crippen LogP contribution in [0, 0.1) is 0 Å². The van der Waals surface area contributed by atoms with Gasteiger partial charge in [-0.3, -0.25) is 19.2 Å². The Labute approximate surface area is 559 Å². The van der Waals surface area contributed by atoms with Crippen molar-refractivity contribution in [2.75, 3.05) is 74.1 Å². The number of Topliss-reactive ketones (excluding diaryl/α,β-unsaturated/α-hetero) is 1. The van der Waals surface area contributed by atoms with Gasteiger partial charge in [-0.15, -0.1) is 0 Å². The molecule has 14 N–H and O–H groups in total. The summed E-state index contributed by atoms with van der Waals surface area (Å²) in [5.41, 5.74) is 13.7. The van der Waals surface area contributed by atoms with E-state index in [1.807, 2.05) is 83.6 Å². The molecule has 0 bridgehead atoms. The van der Waals surface area contributed by atoms with Crippen LogP contribution < -0.4 is 47.0 Å². The standard InChI is InChI=1S/C21H23ClN4O.C20H20N2O3.C16H13N3O3S.C13H17N3OS.2H2O/c1-15-23-19-7-4-17(12-20(19)24-15)13-21(27)26-10-8-25(9-11-26)14-16-2-5-18(22)6-3-16;1-3-25-20(24)16-7-4-14(5-8-16)10-17(23)11-15-6-9-18-19(12-15)22-13(2)21-18;1-10-17-13-7-6-11(8-14(13)18-10)19-23(20,21)16-9-22-15-5-3-2-4-12(15)16;17-13-14-11-7-6-9(8-12(11)15-13)16-18-10-4-2-1-3-5-10;;/h2-7,12,23-24H,1,8-11,13-14H2;4-9,12,21-22H,2-3,10-11H2,1H3;2-9,17-19H,1H2;6-8,10,16H,1-5H2,(H2,14,15,17);2*1H2. The van der Waals surface area contributed by atoms with E-state index in [2.05, 4.69) is 88.1 Å². The molecule has 14 rings (SSSR count). The molecule has 22 nitrogen and oxygen atoms in total. The number of carbonyl (C=O) groups is 3. The Morgan fingerprint density at radius 2 is 1.17 bits per heavy atom. The molecule has 2 fully saturated rings. The van der Waals surface area contributed by atoms with Crippen molar-refractivity contribution in [1.29, 1.82) is 0 Å². The largest absolute Gasteiger partial charge is 0.463 e. The molecule has 95 heavy (non-hydrogen) atoms. The van der Waals surface area contributed by atoms with Crippen molar-refractivity contribution in [1.82, 2.24) is 19.8 Å². The van der Waals surface area contributed by atoms with Crippen molar-refractivity contribution in [3.8, 4) is 0 Å². The molecule has 0 unspecified atom stereocenters. The van der Waals surface area contributed by atoms with Crippen molar-refractivity contribution in [3.63, 3.8) is 0 Å². The van der Waals surface area contributed by atoms with Gasteiger partial charge in [-0.2, -0.15) is 0 Å². The SMILES string of the molecule is C=C1Nc2ccc(CC(=O)Cc3ccc(C(=O)OCC)cc3)cc2N1.C=C1Nc2ccc(CC(=O)N3CCN(Cc4ccc(Cl)cc4)CC3)cc2N1.C=C1Nc2ccc(NS(=O)(=O)c3coc4ccccc34)cc2N1.O.O.O=c1[nH]c2ccc(NSC3CCCCC3)cc2[nH]1. The quantitative estimate of drug-likeness (QED) is 0.0317. The number of carbonyl (C=O) groups excluding carboxylic acids is 3. The van der Waals surface area contributed by atoms with E-state index in [1.54, 1.807) is 73.7 Å². The predicted octanol–water partition coefficient (Wildman–Crippen LogP) is 12.2. The number of imidazole rings is 1. The number of aromatic nitrogens is 2. The number of H-pyrrole nitrogens is 2. The van der Waals surface area contributed by atoms with Crippen molar-refractivity contribution in [3.05, 3.63) is 232 Å². The number of furan rings is 1. The Kier molecular flexibility index (Phi) is 23.2. The second-order valence-electron chi connectivity index (χ2n) is 23.0. The van der Waals surface area contributed by atoms with E-state index in [0.29, 0.717) is 53.9 Å². The molecule has 1 amide bonds. The van der Waals surface area contributed by atoms with E-state index in [0.717, 1.165) is 122 Å². The van der Waals surface area contributed by atoms with Gasteiger partial charge in [0.25, 0.3) is 10.0 Å². The minimum atomic E-state index is -3.74. The van der Waals surface area contributed by atoms with E-state index in [-0.39, 0.29) is 39.2 Å². The second-order valence-corrected chi connectivity index (χ2v) is 26.2. The zero-order valence-electron chi connectivity index (χ0n) is 52.4. The average Bonchev–Trinajstić information content (AvgIpc) is 1.71. The lowest BCUT2D eigenvalue weighted by molar-refractivity contribution is -0.132. The third-order valence-electron chi connectivity index (χ3n) is 16.0. The number of hydrogen-bond donors (Lipinski definition) is 10. The summed E-state index contributed by atoms with van der Waals surface area (Å²) in [6.07, 6.45) is 9.07. The molecule has 0 atom stereocenters. The van der Waals surface area contributed by atoms with Crippen LogP contribution in [-0.4, -0.2) is 94.8 Å². The number of aromatic amines is 2. The zero-order valence-corrected chi connectivity index (χ0v) is 54.8. The number of benzene rings is 7. The number of rotatable bonds is 16. The molecule has 1 saturated heterocycles. The lowest BCUT2D eigenvalue weighted by atomic mass is 10.0. The van der Waals surface area contributed by atoms with Gasteiger partial charge < -0.3 is 71.6 Å². The number of amides is 1. The van der Waals surface area contributed by atoms with Crippen LogP contribution in [0.4, 0.5) is 45.5 Å². The lowest BCUT2D eigenvalue weighted by Gasteiger charge is -2.35. The van der Waals surface area contributed by atoms with E-state index in [1.165, 1.54) is 43.9 Å². The summed E-state index contributed by atoms with van der Waals surface area (Å²) < 4.78 is 41.5. The maximum atomic E-state index is 12.7. The molecule has 0 spiro atoms. The van der Waals surface area contributed by atoms with Gasteiger partial charge in [0.05, 0.1) is 69.4 Å². The van der Waals surface area contributed by atoms with E-state index >= 15 is 0 Å². The third kappa shape index (κ3) is 18.5. The average molecular weight is 1350 g/mol. The Morgan fingerprint density at radius 1 is 0.621 bits per heavy atom. The summed E-state index contributed by atoms with van der Waals surface area (Å²) >= 11 is 7.76. The van der Waals surface area contributed by atoms with Gasteiger partial charge in [-0.25, -0.2) is 18.0 Å². The number of hydrogen-bond acceptors (Lipinski definition) is 17. The van der Waals surface area contributed by atoms with Crippen molar-refractivity contribution in [2.45, 2.75) is 75.0 Å². The number of halogens is 1. The van der Waals surface area contributed by atoms with E-state index in [9.17, 15) is 27.6 Å². The smallest absolute Gasteiger partial charge is 0.338 e. The summed E-state index contributed by atoms with van der Waals surface area (Å²) in [6, 6.07) is 44.9. The normalized spacial score (nSPS) is 14.4. The summed E-state index contributed by atoms with van der Waals surface area (Å²) in [5, 5.41) is 20.7. The van der Waals surface area contributed by atoms with Crippen molar-refractivity contribution in [2.24, 2.45) is 0 Å². The minimum absolute atomic E-state index is 0. The highest BCUT2D eigenvalue weighted by Gasteiger charge is 2.25. The fourth-order valence-electron chi connectivity index (χ4n) is 11.3. The molecule has 25 heteroatoms. The van der Waals surface area contributed by atoms with Gasteiger partial charge in [0.15, 0.2) is 0 Å². The number of anilines is 8. The van der Waals surface area contributed by atoms with Gasteiger partial charge in [-0.1, -0.05) is 99.1 Å². The molecule has 5 aliphatic rings. The fraction of sp³-hybridized carbons (Fsp3) is 0.229. The number of para-hydroxylation sites is 1. The van der Waals surface area contributed by atoms with Gasteiger partial charge in [0, 0.05) is 66.9 Å². The van der Waals surface area contributed by atoms with Crippen LogP contribution in [0.2, 0.25) is 5.02 Å². The van der Waals surface area contributed by atoms with Crippen LogP contribution >= 0.6 is 23.5 Å². The highest BCUT2D eigenvalue weighted by Crippen LogP contribution is 2.36. The number of sulfonamides is 1. The number of nitrogens with zero attached hydrogens (tertiary/aromatic N) is 2. The lowest BCUT2D eigenvalue weighted by Crippen LogP contribution is -2.48. The minimum Gasteiger partial charge on any atom is -0.463 e. The van der Waals surface area contributed by atoms with Crippen LogP contribution in [0.15, 0.2) is 203 Å². The number of fused-ring (bicyclic) bond motifs is 5. The molecule has 1 saturated carbocycles. The fourth-order valence-corrected chi connectivity index (χ4v) is 13.6. The van der Waals surface area contributed by atoms with Crippen LogP contribution in [0.25, 0.3) is 22.0 Å². The highest BCUT2D eigenvalue weighted by atomic mass is 35.5. The number of piperazine rings is 1. The second kappa shape index (κ2) is 31.8. The summed E-state index contributed by atoms with van der Waals surface area (Å²) in [5.74, 6) is 2.12. The Morgan fingerprint density at radius 3 is 1.81 bits per heavy atom. The van der Waals surface area contributed by atoms with Crippen LogP contribution in [-0.2, 0) is 50.2 Å². The van der Waals surface area contributed by atoms with Crippen molar-refractivity contribution >= 4 is 119 Å². The molecule has 4 aliphatic heterocycles. The molecular weight excluding hydrogens is 1270 g/mol. The highest BCUT2D eigenvalue weighted by molar-refractivity contribution is 8.01. The summed E-state index contributed by atoms with van der Waals surface area (Å²) in [6.45, 7) is 17.8. The van der Waals surface area contributed by atoms with Gasteiger partial charge >= 0.3 is 11.7 Å². The van der Waals surface area contributed by atoms with Gasteiger partial charge in [0.2, 0.25) is 5.91 Å². The maximum Gasteiger partial charge on any atom is 0.338 e. The first-order valence-electron chi connectivity index (χ1n) is 30.7. The number of esters is 1. The van der Waals surface area contributed by atoms with Gasteiger partial charge in [-0.05, 0) is 151 Å². The summed E-state index contributed by atoms with van der Waals surface area (Å²) in [7, 11) is -3.74. The predicted molar refractivity (Wildman–Crippen MR) is 382 cm³/mol. The number of nitrogens with one attached hydrogen (secondary N) is 10. The third-order valence-corrected chi connectivity index (χ3v) is 18.8. The van der Waals surface area contributed by atoms with Crippen LogP contribution in [0.5, 0.6) is 0 Å². The molecule has 2 aromatic heterocycles. The van der Waals surface area contributed by atoms with Crippen LogP contribution in [0.3, 0.4) is 0 Å². The van der Waals surface area contributed by atoms with Crippen molar-refractivity contribution < 1.29 is 42.9 Å². The summed E-state index contributed by atoms with van der Waals surface area (Å²) in [4.78, 5) is 57.8. The topological polar surface area (TPSA) is 322 Å². The molecule has 9 aromatic rings. The van der Waals surface area contributed by atoms with E-state index in [4.69, 9.17) is 20.8 Å². The Balaban J connectivity index is 0.000000149. The Hall–Kier alpha value is -9.95. The first kappa shape index (κ1) is 69.4. The van der Waals surface area contributed by atoms with Crippen LogP contribution in [0.1, 0.15) is 71.6 Å². The first-order valence-corrected chi connectivity index (χ1v) is 33.4. The molecule has 7 aromatic carbocycles. The Bertz CT molecular complexity index is 4430. The van der Waals surface area contributed by atoms with Gasteiger partial charge in [0.1, 0.15) is 40.0 Å². The number of ketones is 1. The first-order chi connectivity index (χ1) is 44.9. The molecule has 1 aliphatic carbocycles. The van der Waals surface area contributed by atoms with E-state index < -0.39 is 10.0 Å². The number of ether oxygens (including phenoxy) is 1.